The van der Waals surface area contributed by atoms with Gasteiger partial charge in [-0.05, 0) is 48.4 Å². The first-order valence-corrected chi connectivity index (χ1v) is 7.18. The highest BCUT2D eigenvalue weighted by Crippen LogP contribution is 2.29. The normalized spacial score (nSPS) is 11.1. The van der Waals surface area contributed by atoms with Crippen LogP contribution in [0.3, 0.4) is 0 Å². The SMILES string of the molecule is CCc1ccc(NCC(=O)Nc2ccc(C(F)(F)F)cc2)cc1. The number of rotatable bonds is 5. The summed E-state index contributed by atoms with van der Waals surface area (Å²) in [4.78, 5) is 11.8. The number of halogens is 3. The third kappa shape index (κ3) is 5.02. The molecule has 0 aromatic heterocycles. The van der Waals surface area contributed by atoms with Gasteiger partial charge >= 0.3 is 6.18 Å². The molecule has 0 aliphatic rings. The largest absolute Gasteiger partial charge is 0.416 e. The third-order valence-corrected chi connectivity index (χ3v) is 3.31. The molecule has 0 heterocycles. The van der Waals surface area contributed by atoms with Crippen molar-refractivity contribution in [2.45, 2.75) is 19.5 Å². The summed E-state index contributed by atoms with van der Waals surface area (Å²) in [6.07, 6.45) is -3.44. The van der Waals surface area contributed by atoms with Gasteiger partial charge in [0, 0.05) is 11.4 Å². The molecule has 2 N–H and O–H groups in total. The highest BCUT2D eigenvalue weighted by molar-refractivity contribution is 5.93. The molecule has 0 atom stereocenters. The van der Waals surface area contributed by atoms with Gasteiger partial charge in [-0.2, -0.15) is 13.2 Å². The highest BCUT2D eigenvalue weighted by Gasteiger charge is 2.29. The van der Waals surface area contributed by atoms with E-state index in [-0.39, 0.29) is 12.5 Å². The van der Waals surface area contributed by atoms with Crippen molar-refractivity contribution in [2.75, 3.05) is 17.2 Å². The summed E-state index contributed by atoms with van der Waals surface area (Å²) in [5, 5.41) is 5.50. The monoisotopic (exact) mass is 322 g/mol. The summed E-state index contributed by atoms with van der Waals surface area (Å²) in [6.45, 7) is 2.09. The standard InChI is InChI=1S/C17H17F3N2O/c1-2-12-3-7-14(8-4-12)21-11-16(23)22-15-9-5-13(6-10-15)17(18,19)20/h3-10,21H,2,11H2,1H3,(H,22,23). The zero-order chi connectivity index (χ0) is 16.9. The Morgan fingerprint density at radius 3 is 2.04 bits per heavy atom. The van der Waals surface area contributed by atoms with E-state index in [1.54, 1.807) is 0 Å². The number of alkyl halides is 3. The van der Waals surface area contributed by atoms with Gasteiger partial charge in [0.2, 0.25) is 5.91 Å². The minimum Gasteiger partial charge on any atom is -0.376 e. The van der Waals surface area contributed by atoms with E-state index >= 15 is 0 Å². The molecule has 0 spiro atoms. The van der Waals surface area contributed by atoms with Crippen LogP contribution in [0.1, 0.15) is 18.1 Å². The van der Waals surface area contributed by atoms with Crippen molar-refractivity contribution in [2.24, 2.45) is 0 Å². The van der Waals surface area contributed by atoms with E-state index in [1.165, 1.54) is 17.7 Å². The molecule has 0 radical (unpaired) electrons. The Morgan fingerprint density at radius 1 is 0.957 bits per heavy atom. The number of hydrogen-bond donors (Lipinski definition) is 2. The lowest BCUT2D eigenvalue weighted by Gasteiger charge is -2.10. The van der Waals surface area contributed by atoms with Crippen molar-refractivity contribution in [1.29, 1.82) is 0 Å². The maximum absolute atomic E-state index is 12.4. The molecular weight excluding hydrogens is 305 g/mol. The van der Waals surface area contributed by atoms with Gasteiger partial charge in [0.25, 0.3) is 0 Å². The molecular formula is C17H17F3N2O. The number of aryl methyl sites for hydroxylation is 1. The van der Waals surface area contributed by atoms with Crippen LogP contribution in [-0.2, 0) is 17.4 Å². The Kier molecular flexibility index (Phi) is 5.26. The molecule has 6 heteroatoms. The molecule has 2 rings (SSSR count). The van der Waals surface area contributed by atoms with Crippen LogP contribution in [0.15, 0.2) is 48.5 Å². The number of anilines is 2. The average molecular weight is 322 g/mol. The number of hydrogen-bond acceptors (Lipinski definition) is 2. The first kappa shape index (κ1) is 16.9. The Balaban J connectivity index is 1.86. The van der Waals surface area contributed by atoms with Crippen molar-refractivity contribution >= 4 is 17.3 Å². The fourth-order valence-corrected chi connectivity index (χ4v) is 1.99. The number of carbonyl (C=O) groups excluding carboxylic acids is 1. The van der Waals surface area contributed by atoms with Gasteiger partial charge < -0.3 is 10.6 Å². The van der Waals surface area contributed by atoms with Crippen LogP contribution in [0.2, 0.25) is 0 Å². The van der Waals surface area contributed by atoms with E-state index in [0.29, 0.717) is 5.69 Å². The van der Waals surface area contributed by atoms with Gasteiger partial charge in [-0.15, -0.1) is 0 Å². The van der Waals surface area contributed by atoms with Gasteiger partial charge in [0.15, 0.2) is 0 Å². The van der Waals surface area contributed by atoms with Crippen molar-refractivity contribution in [3.05, 3.63) is 59.7 Å². The van der Waals surface area contributed by atoms with Crippen LogP contribution in [0.4, 0.5) is 24.5 Å². The maximum atomic E-state index is 12.4. The molecule has 3 nitrogen and oxygen atoms in total. The van der Waals surface area contributed by atoms with Crippen molar-refractivity contribution < 1.29 is 18.0 Å². The minimum atomic E-state index is -4.38. The molecule has 0 saturated heterocycles. The third-order valence-electron chi connectivity index (χ3n) is 3.31. The van der Waals surface area contributed by atoms with Crippen LogP contribution in [0, 0.1) is 0 Å². The topological polar surface area (TPSA) is 41.1 Å². The van der Waals surface area contributed by atoms with Crippen LogP contribution in [-0.4, -0.2) is 12.5 Å². The van der Waals surface area contributed by atoms with E-state index in [0.717, 1.165) is 24.2 Å². The molecule has 23 heavy (non-hydrogen) atoms. The van der Waals surface area contributed by atoms with Crippen molar-refractivity contribution in [3.8, 4) is 0 Å². The predicted octanol–water partition coefficient (Wildman–Crippen LogP) is 4.32. The number of nitrogens with one attached hydrogen (secondary N) is 2. The quantitative estimate of drug-likeness (QED) is 0.861. The summed E-state index contributed by atoms with van der Waals surface area (Å²) in [6, 6.07) is 12.0. The van der Waals surface area contributed by atoms with Gasteiger partial charge in [-0.3, -0.25) is 4.79 Å². The van der Waals surface area contributed by atoms with Gasteiger partial charge in [-0.25, -0.2) is 0 Å². The van der Waals surface area contributed by atoms with E-state index in [2.05, 4.69) is 17.6 Å². The zero-order valence-corrected chi connectivity index (χ0v) is 12.6. The smallest absolute Gasteiger partial charge is 0.376 e. The second-order valence-electron chi connectivity index (χ2n) is 5.03. The van der Waals surface area contributed by atoms with Crippen LogP contribution in [0.25, 0.3) is 0 Å². The summed E-state index contributed by atoms with van der Waals surface area (Å²) in [5.74, 6) is -0.329. The van der Waals surface area contributed by atoms with Crippen LogP contribution in [0.5, 0.6) is 0 Å². The van der Waals surface area contributed by atoms with Gasteiger partial charge in [-0.1, -0.05) is 19.1 Å². The fourth-order valence-electron chi connectivity index (χ4n) is 1.99. The lowest BCUT2D eigenvalue weighted by atomic mass is 10.1. The lowest BCUT2D eigenvalue weighted by Crippen LogP contribution is -2.21. The molecule has 2 aromatic carbocycles. The number of amides is 1. The molecule has 0 bridgehead atoms. The molecule has 1 amide bonds. The Bertz CT molecular complexity index is 649. The van der Waals surface area contributed by atoms with E-state index < -0.39 is 11.7 Å². The number of carbonyl (C=O) groups is 1. The van der Waals surface area contributed by atoms with Crippen LogP contribution < -0.4 is 10.6 Å². The fraction of sp³-hybridized carbons (Fsp3) is 0.235. The summed E-state index contributed by atoms with van der Waals surface area (Å²) in [5.41, 5.74) is 1.59. The van der Waals surface area contributed by atoms with Gasteiger partial charge in [0.1, 0.15) is 0 Å². The summed E-state index contributed by atoms with van der Waals surface area (Å²) < 4.78 is 37.3. The maximum Gasteiger partial charge on any atom is 0.416 e. The number of benzene rings is 2. The molecule has 0 aliphatic heterocycles. The van der Waals surface area contributed by atoms with Crippen LogP contribution >= 0.6 is 0 Å². The molecule has 0 unspecified atom stereocenters. The predicted molar refractivity (Wildman–Crippen MR) is 84.4 cm³/mol. The zero-order valence-electron chi connectivity index (χ0n) is 12.6. The highest BCUT2D eigenvalue weighted by atomic mass is 19.4. The second-order valence-corrected chi connectivity index (χ2v) is 5.03. The van der Waals surface area contributed by atoms with E-state index in [1.807, 2.05) is 24.3 Å². The molecule has 2 aromatic rings. The van der Waals surface area contributed by atoms with Crippen molar-refractivity contribution in [1.82, 2.24) is 0 Å². The second kappa shape index (κ2) is 7.17. The molecule has 0 aliphatic carbocycles. The van der Waals surface area contributed by atoms with Crippen molar-refractivity contribution in [3.63, 3.8) is 0 Å². The summed E-state index contributed by atoms with van der Waals surface area (Å²) >= 11 is 0. The van der Waals surface area contributed by atoms with Gasteiger partial charge in [0.05, 0.1) is 12.1 Å². The molecule has 0 fully saturated rings. The first-order valence-electron chi connectivity index (χ1n) is 7.18. The lowest BCUT2D eigenvalue weighted by molar-refractivity contribution is -0.137. The first-order chi connectivity index (χ1) is 10.9. The Labute approximate surface area is 132 Å². The Hall–Kier alpha value is -2.50. The van der Waals surface area contributed by atoms with E-state index in [4.69, 9.17) is 0 Å². The molecule has 122 valence electrons. The average Bonchev–Trinajstić information content (AvgIpc) is 2.53. The summed E-state index contributed by atoms with van der Waals surface area (Å²) in [7, 11) is 0. The molecule has 0 saturated carbocycles. The Morgan fingerprint density at radius 2 is 1.52 bits per heavy atom. The van der Waals surface area contributed by atoms with E-state index in [9.17, 15) is 18.0 Å². The minimum absolute atomic E-state index is 0.0342.